The smallest absolute Gasteiger partial charge is 0.305 e. The molecule has 0 aromatic heterocycles. The number of carbonyl (C=O) groups is 2. The molecule has 0 saturated carbocycles. The summed E-state index contributed by atoms with van der Waals surface area (Å²) in [5.41, 5.74) is 0. The summed E-state index contributed by atoms with van der Waals surface area (Å²) >= 11 is 0. The van der Waals surface area contributed by atoms with Crippen LogP contribution in [-0.4, -0.2) is 47.4 Å². The average Bonchev–Trinajstić information content (AvgIpc) is 3.47. The van der Waals surface area contributed by atoms with Gasteiger partial charge in [-0.3, -0.25) is 9.59 Å². The normalized spacial score (nSPS) is 12.7. The number of rotatable bonds is 69. The topological polar surface area (TPSA) is 95.9 Å². The largest absolute Gasteiger partial charge is 0.466 e. The van der Waals surface area contributed by atoms with Gasteiger partial charge in [0.1, 0.15) is 0 Å². The lowest BCUT2D eigenvalue weighted by atomic mass is 10.0. The Bertz CT molecular complexity index is 1310. The van der Waals surface area contributed by atoms with Gasteiger partial charge in [-0.2, -0.15) is 0 Å². The highest BCUT2D eigenvalue weighted by Crippen LogP contribution is 2.19. The Labute approximate surface area is 506 Å². The van der Waals surface area contributed by atoms with E-state index in [0.717, 1.165) is 51.4 Å². The SMILES string of the molecule is CCCCC/C=C\CCCCCCCC(=O)OCCCCCCCCCCC/C=C\C/C=C\CCCCCCCCCCCCCCCC(=O)NC(CO)C(O)CCCCCCCCCCCCCCCCCCCCCCCCC. The molecule has 0 radical (unpaired) electrons. The van der Waals surface area contributed by atoms with Crippen molar-refractivity contribution in [1.82, 2.24) is 5.32 Å². The lowest BCUT2D eigenvalue weighted by Crippen LogP contribution is -2.45. The van der Waals surface area contributed by atoms with Crippen LogP contribution in [0.1, 0.15) is 406 Å². The van der Waals surface area contributed by atoms with Crippen LogP contribution < -0.4 is 5.32 Å². The van der Waals surface area contributed by atoms with Crippen LogP contribution in [0.5, 0.6) is 0 Å². The molecule has 478 valence electrons. The summed E-state index contributed by atoms with van der Waals surface area (Å²) in [6, 6.07) is -0.544. The van der Waals surface area contributed by atoms with Crippen LogP contribution in [0.25, 0.3) is 0 Å². The lowest BCUT2D eigenvalue weighted by Gasteiger charge is -2.22. The molecule has 2 unspecified atom stereocenters. The number of ether oxygens (including phenoxy) is 1. The molecule has 0 aliphatic heterocycles. The summed E-state index contributed by atoms with van der Waals surface area (Å²) in [7, 11) is 0. The van der Waals surface area contributed by atoms with E-state index in [-0.39, 0.29) is 18.5 Å². The lowest BCUT2D eigenvalue weighted by molar-refractivity contribution is -0.143. The summed E-state index contributed by atoms with van der Waals surface area (Å²) in [6.45, 7) is 4.96. The number of amides is 1. The number of esters is 1. The molecule has 6 nitrogen and oxygen atoms in total. The molecule has 0 aliphatic carbocycles. The second kappa shape index (κ2) is 70.6. The van der Waals surface area contributed by atoms with Crippen molar-refractivity contribution in [3.63, 3.8) is 0 Å². The van der Waals surface area contributed by atoms with Gasteiger partial charge in [-0.15, -0.1) is 0 Å². The summed E-state index contributed by atoms with van der Waals surface area (Å²) in [5, 5.41) is 23.4. The fourth-order valence-electron chi connectivity index (χ4n) is 11.6. The first-order valence-electron chi connectivity index (χ1n) is 36.7. The zero-order chi connectivity index (χ0) is 58.5. The predicted octanol–water partition coefficient (Wildman–Crippen LogP) is 23.9. The number of carbonyl (C=O) groups excluding carboxylic acids is 2. The van der Waals surface area contributed by atoms with E-state index < -0.39 is 12.1 Å². The zero-order valence-electron chi connectivity index (χ0n) is 54.8. The van der Waals surface area contributed by atoms with Crippen molar-refractivity contribution in [3.05, 3.63) is 36.5 Å². The molecule has 81 heavy (non-hydrogen) atoms. The highest BCUT2D eigenvalue weighted by atomic mass is 16.5. The molecule has 0 aliphatic rings. The third-order valence-electron chi connectivity index (χ3n) is 17.2. The number of nitrogens with one attached hydrogen (secondary N) is 1. The summed E-state index contributed by atoms with van der Waals surface area (Å²) in [5.74, 6) is -0.0291. The van der Waals surface area contributed by atoms with Crippen molar-refractivity contribution >= 4 is 11.9 Å². The van der Waals surface area contributed by atoms with Crippen LogP contribution in [0.2, 0.25) is 0 Å². The second-order valence-electron chi connectivity index (χ2n) is 25.3. The Morgan fingerprint density at radius 2 is 0.617 bits per heavy atom. The van der Waals surface area contributed by atoms with Crippen LogP contribution in [0.4, 0.5) is 0 Å². The minimum atomic E-state index is -0.667. The molecular formula is C75H143NO5. The maximum atomic E-state index is 12.6. The van der Waals surface area contributed by atoms with Crippen LogP contribution in [0.15, 0.2) is 36.5 Å². The van der Waals surface area contributed by atoms with E-state index >= 15 is 0 Å². The van der Waals surface area contributed by atoms with Crippen molar-refractivity contribution in [2.45, 2.75) is 418 Å². The molecule has 2 atom stereocenters. The third kappa shape index (κ3) is 67.1. The van der Waals surface area contributed by atoms with Gasteiger partial charge in [0, 0.05) is 12.8 Å². The first-order chi connectivity index (χ1) is 40.0. The van der Waals surface area contributed by atoms with E-state index in [9.17, 15) is 19.8 Å². The van der Waals surface area contributed by atoms with Crippen LogP contribution >= 0.6 is 0 Å². The Morgan fingerprint density at radius 3 is 0.975 bits per heavy atom. The minimum absolute atomic E-state index is 0.00238. The number of aliphatic hydroxyl groups is 2. The molecule has 0 spiro atoms. The first-order valence-corrected chi connectivity index (χ1v) is 36.7. The van der Waals surface area contributed by atoms with Gasteiger partial charge in [-0.05, 0) is 83.5 Å². The van der Waals surface area contributed by atoms with E-state index in [1.165, 1.54) is 321 Å². The highest BCUT2D eigenvalue weighted by Gasteiger charge is 2.20. The molecule has 0 fully saturated rings. The number of aliphatic hydroxyl groups excluding tert-OH is 2. The standard InChI is InChI=1S/C75H143NO5/c1-3-5-7-9-11-13-15-17-18-19-20-21-29-32-35-38-41-44-47-51-55-59-63-67-73(78)72(71-77)76-74(79)68-64-60-56-52-48-45-42-39-36-33-30-27-25-23-22-24-26-28-31-34-37-40-43-46-50-54-58-62-66-70-81-75(80)69-65-61-57-53-49-16-14-12-10-8-6-4-2/h12,14,22,24,28,31,72-73,77-78H,3-11,13,15-21,23,25-27,29-30,32-71H2,1-2H3,(H,76,79)/b14-12-,24-22-,31-28-. The maximum Gasteiger partial charge on any atom is 0.305 e. The van der Waals surface area contributed by atoms with Gasteiger partial charge in [0.2, 0.25) is 5.91 Å². The first kappa shape index (κ1) is 79.1. The van der Waals surface area contributed by atoms with Gasteiger partial charge in [-0.25, -0.2) is 0 Å². The van der Waals surface area contributed by atoms with Crippen LogP contribution in [0.3, 0.4) is 0 Å². The fourth-order valence-corrected chi connectivity index (χ4v) is 11.6. The number of unbranched alkanes of at least 4 members (excludes halogenated alkanes) is 52. The molecule has 0 bridgehead atoms. The van der Waals surface area contributed by atoms with Gasteiger partial charge in [-0.1, -0.05) is 346 Å². The van der Waals surface area contributed by atoms with Crippen molar-refractivity contribution in [3.8, 4) is 0 Å². The third-order valence-corrected chi connectivity index (χ3v) is 17.2. The zero-order valence-corrected chi connectivity index (χ0v) is 54.8. The van der Waals surface area contributed by atoms with Crippen LogP contribution in [-0.2, 0) is 14.3 Å². The predicted molar refractivity (Wildman–Crippen MR) is 356 cm³/mol. The Hall–Kier alpha value is -1.92. The average molecular weight is 1140 g/mol. The fraction of sp³-hybridized carbons (Fsp3) is 0.893. The van der Waals surface area contributed by atoms with Crippen molar-refractivity contribution in [1.29, 1.82) is 0 Å². The van der Waals surface area contributed by atoms with Gasteiger partial charge < -0.3 is 20.3 Å². The second-order valence-corrected chi connectivity index (χ2v) is 25.3. The van der Waals surface area contributed by atoms with Gasteiger partial charge >= 0.3 is 5.97 Å². The van der Waals surface area contributed by atoms with Crippen molar-refractivity contribution in [2.75, 3.05) is 13.2 Å². The maximum absolute atomic E-state index is 12.6. The van der Waals surface area contributed by atoms with E-state index in [2.05, 4.69) is 55.6 Å². The molecule has 0 aromatic carbocycles. The summed E-state index contributed by atoms with van der Waals surface area (Å²) < 4.78 is 5.47. The van der Waals surface area contributed by atoms with E-state index in [4.69, 9.17) is 4.74 Å². The van der Waals surface area contributed by atoms with Crippen molar-refractivity contribution in [2.24, 2.45) is 0 Å². The number of hydrogen-bond acceptors (Lipinski definition) is 5. The van der Waals surface area contributed by atoms with Crippen LogP contribution in [0, 0.1) is 0 Å². The van der Waals surface area contributed by atoms with Crippen molar-refractivity contribution < 1.29 is 24.5 Å². The van der Waals surface area contributed by atoms with E-state index in [1.807, 2.05) is 0 Å². The molecule has 0 saturated heterocycles. The molecule has 1 amide bonds. The monoisotopic (exact) mass is 1140 g/mol. The molecule has 0 heterocycles. The summed E-state index contributed by atoms with van der Waals surface area (Å²) in [4.78, 5) is 24.6. The Kier molecular flexibility index (Phi) is 68.9. The minimum Gasteiger partial charge on any atom is -0.466 e. The molecule has 0 rings (SSSR count). The highest BCUT2D eigenvalue weighted by molar-refractivity contribution is 5.76. The number of allylic oxidation sites excluding steroid dienone is 6. The van der Waals surface area contributed by atoms with Gasteiger partial charge in [0.25, 0.3) is 0 Å². The molecular weight excluding hydrogens is 995 g/mol. The van der Waals surface area contributed by atoms with E-state index in [1.54, 1.807) is 0 Å². The quantitative estimate of drug-likeness (QED) is 0.0320. The number of hydrogen-bond donors (Lipinski definition) is 3. The van der Waals surface area contributed by atoms with Gasteiger partial charge in [0.05, 0.1) is 25.4 Å². The van der Waals surface area contributed by atoms with E-state index in [0.29, 0.717) is 25.9 Å². The Morgan fingerprint density at radius 1 is 0.346 bits per heavy atom. The van der Waals surface area contributed by atoms with Gasteiger partial charge in [0.15, 0.2) is 0 Å². The Balaban J connectivity index is 3.41. The summed E-state index contributed by atoms with van der Waals surface area (Å²) in [6.07, 6.45) is 90.6. The molecule has 3 N–H and O–H groups in total. The molecule has 0 aromatic rings. The molecule has 6 heteroatoms.